The monoisotopic (exact) mass is 250 g/mol. The maximum atomic E-state index is 3.70. The molecule has 3 fully saturated rings. The number of hydrogen-bond donors (Lipinski definition) is 1. The van der Waals surface area contributed by atoms with Crippen molar-refractivity contribution >= 4 is 0 Å². The van der Waals surface area contributed by atoms with Crippen molar-refractivity contribution in [3.8, 4) is 0 Å². The van der Waals surface area contributed by atoms with E-state index in [4.69, 9.17) is 0 Å². The van der Waals surface area contributed by atoms with Crippen LogP contribution in [0.3, 0.4) is 0 Å². The molecule has 0 aromatic rings. The Bertz CT molecular complexity index is 258. The van der Waals surface area contributed by atoms with Crippen LogP contribution in [0.4, 0.5) is 0 Å². The summed E-state index contributed by atoms with van der Waals surface area (Å²) in [4.78, 5) is 2.91. The topological polar surface area (TPSA) is 15.3 Å². The second-order valence-electron chi connectivity index (χ2n) is 7.10. The molecule has 0 amide bonds. The van der Waals surface area contributed by atoms with Gasteiger partial charge in [0.15, 0.2) is 0 Å². The lowest BCUT2D eigenvalue weighted by molar-refractivity contribution is 0.0559. The highest BCUT2D eigenvalue weighted by molar-refractivity contribution is 4.96. The third-order valence-corrected chi connectivity index (χ3v) is 5.48. The van der Waals surface area contributed by atoms with Crippen LogP contribution in [0, 0.1) is 11.8 Å². The molecule has 0 radical (unpaired) electrons. The van der Waals surface area contributed by atoms with Crippen LogP contribution >= 0.6 is 0 Å². The number of rotatable bonds is 4. The highest BCUT2D eigenvalue weighted by Crippen LogP contribution is 2.39. The molecule has 2 aliphatic carbocycles. The van der Waals surface area contributed by atoms with Crippen molar-refractivity contribution in [1.82, 2.24) is 10.2 Å². The maximum absolute atomic E-state index is 3.70. The van der Waals surface area contributed by atoms with Gasteiger partial charge in [-0.2, -0.15) is 0 Å². The fourth-order valence-corrected chi connectivity index (χ4v) is 4.41. The summed E-state index contributed by atoms with van der Waals surface area (Å²) in [6.45, 7) is 7.57. The Labute approximate surface area is 113 Å². The van der Waals surface area contributed by atoms with Gasteiger partial charge in [0.2, 0.25) is 0 Å². The van der Waals surface area contributed by atoms with Gasteiger partial charge < -0.3 is 5.32 Å². The number of nitrogens with one attached hydrogen (secondary N) is 1. The van der Waals surface area contributed by atoms with Crippen molar-refractivity contribution in [1.29, 1.82) is 0 Å². The Hall–Kier alpha value is -0.0800. The molecule has 0 aromatic heterocycles. The van der Waals surface area contributed by atoms with Crippen molar-refractivity contribution in [2.75, 3.05) is 13.1 Å². The standard InChI is InChI=1S/C16H30N2/c1-12-5-3-6-13(2)16(12)18(15-8-9-15)11-14-7-4-10-17-14/h12-17H,3-11H2,1-2H3. The normalized spacial score (nSPS) is 41.5. The fraction of sp³-hybridized carbons (Fsp3) is 1.00. The van der Waals surface area contributed by atoms with E-state index in [1.54, 1.807) is 0 Å². The van der Waals surface area contributed by atoms with Crippen molar-refractivity contribution in [2.45, 2.75) is 76.9 Å². The Morgan fingerprint density at radius 3 is 2.22 bits per heavy atom. The Kier molecular flexibility index (Phi) is 3.95. The molecular formula is C16H30N2. The third-order valence-electron chi connectivity index (χ3n) is 5.48. The molecule has 1 heterocycles. The van der Waals surface area contributed by atoms with Crippen LogP contribution in [-0.2, 0) is 0 Å². The first-order chi connectivity index (χ1) is 8.75. The molecule has 1 saturated heterocycles. The number of hydrogen-bond acceptors (Lipinski definition) is 2. The first-order valence-electron chi connectivity index (χ1n) is 8.25. The van der Waals surface area contributed by atoms with Gasteiger partial charge in [0, 0.05) is 24.7 Å². The van der Waals surface area contributed by atoms with E-state index in [0.29, 0.717) is 0 Å². The summed E-state index contributed by atoms with van der Waals surface area (Å²) >= 11 is 0. The minimum Gasteiger partial charge on any atom is -0.313 e. The van der Waals surface area contributed by atoms with Gasteiger partial charge in [0.25, 0.3) is 0 Å². The van der Waals surface area contributed by atoms with Gasteiger partial charge in [-0.05, 0) is 56.9 Å². The molecule has 0 bridgehead atoms. The summed E-state index contributed by atoms with van der Waals surface area (Å²) in [5.74, 6) is 1.83. The zero-order chi connectivity index (χ0) is 12.5. The Balaban J connectivity index is 1.67. The molecular weight excluding hydrogens is 220 g/mol. The summed E-state index contributed by atoms with van der Waals surface area (Å²) in [5.41, 5.74) is 0. The van der Waals surface area contributed by atoms with Gasteiger partial charge in [-0.15, -0.1) is 0 Å². The molecule has 104 valence electrons. The lowest BCUT2D eigenvalue weighted by Crippen LogP contribution is -2.51. The minimum atomic E-state index is 0.784. The lowest BCUT2D eigenvalue weighted by atomic mass is 9.77. The molecule has 0 spiro atoms. The SMILES string of the molecule is CC1CCCC(C)C1N(CC1CCCN1)C1CC1. The van der Waals surface area contributed by atoms with Crippen molar-refractivity contribution in [3.05, 3.63) is 0 Å². The first-order valence-corrected chi connectivity index (χ1v) is 8.25. The molecule has 1 aliphatic heterocycles. The summed E-state index contributed by atoms with van der Waals surface area (Å²) < 4.78 is 0. The summed E-state index contributed by atoms with van der Waals surface area (Å²) in [5, 5.41) is 3.70. The first kappa shape index (κ1) is 12.9. The van der Waals surface area contributed by atoms with Gasteiger partial charge in [0.1, 0.15) is 0 Å². The maximum Gasteiger partial charge on any atom is 0.0195 e. The molecule has 3 rings (SSSR count). The van der Waals surface area contributed by atoms with E-state index in [1.165, 1.54) is 58.0 Å². The third kappa shape index (κ3) is 2.75. The minimum absolute atomic E-state index is 0.784. The van der Waals surface area contributed by atoms with Gasteiger partial charge >= 0.3 is 0 Å². The smallest absolute Gasteiger partial charge is 0.0195 e. The average Bonchev–Trinajstić information content (AvgIpc) is 3.06. The van der Waals surface area contributed by atoms with Gasteiger partial charge in [-0.3, -0.25) is 4.90 Å². The zero-order valence-corrected chi connectivity index (χ0v) is 12.2. The highest BCUT2D eigenvalue weighted by atomic mass is 15.2. The van der Waals surface area contributed by atoms with Crippen LogP contribution in [0.1, 0.15) is 58.8 Å². The second kappa shape index (κ2) is 5.50. The van der Waals surface area contributed by atoms with E-state index in [1.807, 2.05) is 0 Å². The van der Waals surface area contributed by atoms with Crippen LogP contribution < -0.4 is 5.32 Å². The zero-order valence-electron chi connectivity index (χ0n) is 12.2. The quantitative estimate of drug-likeness (QED) is 0.825. The molecule has 2 saturated carbocycles. The molecule has 2 heteroatoms. The van der Waals surface area contributed by atoms with Crippen molar-refractivity contribution in [2.24, 2.45) is 11.8 Å². The van der Waals surface area contributed by atoms with Crippen LogP contribution in [-0.4, -0.2) is 36.1 Å². The molecule has 0 aromatic carbocycles. The largest absolute Gasteiger partial charge is 0.313 e. The van der Waals surface area contributed by atoms with E-state index in [2.05, 4.69) is 24.1 Å². The predicted molar refractivity (Wildman–Crippen MR) is 76.7 cm³/mol. The van der Waals surface area contributed by atoms with Gasteiger partial charge in [-0.1, -0.05) is 20.3 Å². The van der Waals surface area contributed by atoms with E-state index in [9.17, 15) is 0 Å². The van der Waals surface area contributed by atoms with E-state index >= 15 is 0 Å². The molecule has 1 N–H and O–H groups in total. The Morgan fingerprint density at radius 1 is 0.944 bits per heavy atom. The summed E-state index contributed by atoms with van der Waals surface area (Å²) in [7, 11) is 0. The number of nitrogens with zero attached hydrogens (tertiary/aromatic N) is 1. The average molecular weight is 250 g/mol. The van der Waals surface area contributed by atoms with Crippen molar-refractivity contribution < 1.29 is 0 Å². The molecule has 18 heavy (non-hydrogen) atoms. The van der Waals surface area contributed by atoms with E-state index in [-0.39, 0.29) is 0 Å². The summed E-state index contributed by atoms with van der Waals surface area (Å²) in [6, 6.07) is 2.58. The molecule has 3 unspecified atom stereocenters. The van der Waals surface area contributed by atoms with Crippen LogP contribution in [0.5, 0.6) is 0 Å². The van der Waals surface area contributed by atoms with Gasteiger partial charge in [0.05, 0.1) is 0 Å². The van der Waals surface area contributed by atoms with Crippen LogP contribution in [0.15, 0.2) is 0 Å². The van der Waals surface area contributed by atoms with E-state index in [0.717, 1.165) is 30.0 Å². The highest BCUT2D eigenvalue weighted by Gasteiger charge is 2.40. The van der Waals surface area contributed by atoms with Crippen LogP contribution in [0.25, 0.3) is 0 Å². The van der Waals surface area contributed by atoms with Gasteiger partial charge in [-0.25, -0.2) is 0 Å². The fourth-order valence-electron chi connectivity index (χ4n) is 4.41. The molecule has 3 aliphatic rings. The second-order valence-corrected chi connectivity index (χ2v) is 7.10. The molecule has 2 nitrogen and oxygen atoms in total. The lowest BCUT2D eigenvalue weighted by Gasteiger charge is -2.44. The molecule has 3 atom stereocenters. The predicted octanol–water partition coefficient (Wildman–Crippen LogP) is 3.03. The Morgan fingerprint density at radius 2 is 1.67 bits per heavy atom. The van der Waals surface area contributed by atoms with Crippen LogP contribution in [0.2, 0.25) is 0 Å². The summed E-state index contributed by atoms with van der Waals surface area (Å²) in [6.07, 6.45) is 10.1. The van der Waals surface area contributed by atoms with E-state index < -0.39 is 0 Å². The van der Waals surface area contributed by atoms with Crippen molar-refractivity contribution in [3.63, 3.8) is 0 Å².